The summed E-state index contributed by atoms with van der Waals surface area (Å²) in [4.78, 5) is 16.3. The summed E-state index contributed by atoms with van der Waals surface area (Å²) >= 11 is 0. The lowest BCUT2D eigenvalue weighted by atomic mass is 9.78. The highest BCUT2D eigenvalue weighted by Crippen LogP contribution is 2.33. The second-order valence-corrected chi connectivity index (χ2v) is 6.67. The van der Waals surface area contributed by atoms with E-state index in [4.69, 9.17) is 0 Å². The Morgan fingerprint density at radius 2 is 2.09 bits per heavy atom. The normalized spacial score (nSPS) is 20.7. The molecule has 0 radical (unpaired) electrons. The van der Waals surface area contributed by atoms with E-state index in [9.17, 15) is 18.7 Å². The zero-order chi connectivity index (χ0) is 16.6. The van der Waals surface area contributed by atoms with E-state index in [-0.39, 0.29) is 17.7 Å². The molecule has 1 saturated heterocycles. The standard InChI is InChI=1S/C17H22F2N2O2/c1-20(17(23)14-6-5-12(18)7-15(14)19)16(11-3-2-4-11)10-21-8-13(22)9-21/h5-7,11,13,16,22H,2-4,8-10H2,1H3. The third-order valence-corrected chi connectivity index (χ3v) is 5.06. The molecule has 6 heteroatoms. The van der Waals surface area contributed by atoms with Gasteiger partial charge in [0.05, 0.1) is 11.7 Å². The minimum Gasteiger partial charge on any atom is -0.390 e. The van der Waals surface area contributed by atoms with Crippen molar-refractivity contribution in [2.24, 2.45) is 5.92 Å². The van der Waals surface area contributed by atoms with Gasteiger partial charge in [-0.15, -0.1) is 0 Å². The molecule has 1 saturated carbocycles. The van der Waals surface area contributed by atoms with Crippen LogP contribution in [-0.4, -0.2) is 59.6 Å². The van der Waals surface area contributed by atoms with Crippen molar-refractivity contribution in [1.82, 2.24) is 9.80 Å². The number of nitrogens with zero attached hydrogens (tertiary/aromatic N) is 2. The molecule has 0 aromatic heterocycles. The molecule has 1 aromatic carbocycles. The predicted octanol–water partition coefficient (Wildman–Crippen LogP) is 1.88. The van der Waals surface area contributed by atoms with Crippen molar-refractivity contribution in [2.75, 3.05) is 26.7 Å². The lowest BCUT2D eigenvalue weighted by Gasteiger charge is -2.45. The van der Waals surface area contributed by atoms with E-state index in [2.05, 4.69) is 4.90 Å². The average molecular weight is 324 g/mol. The summed E-state index contributed by atoms with van der Waals surface area (Å²) in [7, 11) is 1.68. The smallest absolute Gasteiger partial charge is 0.256 e. The summed E-state index contributed by atoms with van der Waals surface area (Å²) in [6.45, 7) is 1.93. The topological polar surface area (TPSA) is 43.8 Å². The van der Waals surface area contributed by atoms with Gasteiger partial charge in [-0.1, -0.05) is 6.42 Å². The first kappa shape index (κ1) is 16.3. The van der Waals surface area contributed by atoms with E-state index in [0.717, 1.165) is 31.4 Å². The van der Waals surface area contributed by atoms with Crippen molar-refractivity contribution >= 4 is 5.91 Å². The number of likely N-dealkylation sites (N-methyl/N-ethyl adjacent to an activating group) is 1. The van der Waals surface area contributed by atoms with Crippen LogP contribution in [0.4, 0.5) is 8.78 Å². The van der Waals surface area contributed by atoms with Gasteiger partial charge in [-0.3, -0.25) is 9.69 Å². The molecule has 1 N–H and O–H groups in total. The second kappa shape index (κ2) is 6.53. The molecule has 3 rings (SSSR count). The summed E-state index contributed by atoms with van der Waals surface area (Å²) < 4.78 is 26.9. The number of rotatable bonds is 5. The molecule has 1 heterocycles. The van der Waals surface area contributed by atoms with Crippen molar-refractivity contribution in [2.45, 2.75) is 31.4 Å². The van der Waals surface area contributed by atoms with Crippen molar-refractivity contribution in [1.29, 1.82) is 0 Å². The van der Waals surface area contributed by atoms with Crippen molar-refractivity contribution in [3.05, 3.63) is 35.4 Å². The Morgan fingerprint density at radius 3 is 2.61 bits per heavy atom. The van der Waals surface area contributed by atoms with Crippen molar-refractivity contribution < 1.29 is 18.7 Å². The number of aliphatic hydroxyl groups is 1. The van der Waals surface area contributed by atoms with Gasteiger partial charge < -0.3 is 10.0 Å². The van der Waals surface area contributed by atoms with Gasteiger partial charge in [0.1, 0.15) is 11.6 Å². The number of halogens is 2. The van der Waals surface area contributed by atoms with Gasteiger partial charge in [0.25, 0.3) is 5.91 Å². The van der Waals surface area contributed by atoms with Crippen LogP contribution in [-0.2, 0) is 0 Å². The fourth-order valence-corrected chi connectivity index (χ4v) is 3.37. The number of hydrogen-bond donors (Lipinski definition) is 1. The minimum absolute atomic E-state index is 0.00629. The number of carbonyl (C=O) groups excluding carboxylic acids is 1. The molecule has 1 unspecified atom stereocenters. The van der Waals surface area contributed by atoms with Gasteiger partial charge in [-0.2, -0.15) is 0 Å². The fraction of sp³-hybridized carbons (Fsp3) is 0.588. The Kier molecular flexibility index (Phi) is 4.64. The van der Waals surface area contributed by atoms with Crippen LogP contribution in [0.2, 0.25) is 0 Å². The summed E-state index contributed by atoms with van der Waals surface area (Å²) in [5, 5.41) is 9.42. The van der Waals surface area contributed by atoms with Crippen LogP contribution in [0.15, 0.2) is 18.2 Å². The maximum absolute atomic E-state index is 13.9. The number of β-amino-alcohol motifs (C(OH)–C–C–N with tert-alkyl or cyclic N) is 1. The first-order valence-corrected chi connectivity index (χ1v) is 8.08. The van der Waals surface area contributed by atoms with Crippen LogP contribution in [0.5, 0.6) is 0 Å². The molecule has 2 fully saturated rings. The zero-order valence-corrected chi connectivity index (χ0v) is 13.2. The Labute approximate surface area is 134 Å². The SMILES string of the molecule is CN(C(=O)c1ccc(F)cc1F)C(CN1CC(O)C1)C1CCC1. The van der Waals surface area contributed by atoms with Gasteiger partial charge >= 0.3 is 0 Å². The zero-order valence-electron chi connectivity index (χ0n) is 13.2. The van der Waals surface area contributed by atoms with E-state index in [1.807, 2.05) is 0 Å². The van der Waals surface area contributed by atoms with Crippen LogP contribution in [0.3, 0.4) is 0 Å². The van der Waals surface area contributed by atoms with Crippen LogP contribution in [0.1, 0.15) is 29.6 Å². The molecule has 0 bridgehead atoms. The first-order chi connectivity index (χ1) is 11.0. The van der Waals surface area contributed by atoms with Gasteiger partial charge in [0.2, 0.25) is 0 Å². The van der Waals surface area contributed by atoms with Crippen LogP contribution in [0.25, 0.3) is 0 Å². The largest absolute Gasteiger partial charge is 0.390 e. The van der Waals surface area contributed by atoms with Gasteiger partial charge in [0.15, 0.2) is 0 Å². The molecule has 126 valence electrons. The van der Waals surface area contributed by atoms with E-state index in [0.29, 0.717) is 25.6 Å². The van der Waals surface area contributed by atoms with E-state index in [1.165, 1.54) is 6.07 Å². The Hall–Kier alpha value is -1.53. The lowest BCUT2D eigenvalue weighted by molar-refractivity contribution is -0.0224. The Bertz CT molecular complexity index is 586. The van der Waals surface area contributed by atoms with E-state index in [1.54, 1.807) is 11.9 Å². The Balaban J connectivity index is 1.73. The molecule has 1 amide bonds. The molecule has 1 aliphatic carbocycles. The summed E-state index contributed by atoms with van der Waals surface area (Å²) in [6, 6.07) is 3.04. The highest BCUT2D eigenvalue weighted by molar-refractivity contribution is 5.94. The maximum Gasteiger partial charge on any atom is 0.256 e. The maximum atomic E-state index is 13.9. The molecular weight excluding hydrogens is 302 g/mol. The van der Waals surface area contributed by atoms with Gasteiger partial charge in [0, 0.05) is 38.8 Å². The fourth-order valence-electron chi connectivity index (χ4n) is 3.37. The third kappa shape index (κ3) is 3.38. The van der Waals surface area contributed by atoms with E-state index >= 15 is 0 Å². The minimum atomic E-state index is -0.825. The molecule has 1 atom stereocenters. The molecular formula is C17H22F2N2O2. The Morgan fingerprint density at radius 1 is 1.39 bits per heavy atom. The molecule has 1 aliphatic heterocycles. The number of hydrogen-bond acceptors (Lipinski definition) is 3. The molecule has 4 nitrogen and oxygen atoms in total. The molecule has 1 aromatic rings. The van der Waals surface area contributed by atoms with Crippen LogP contribution in [0, 0.1) is 17.6 Å². The monoisotopic (exact) mass is 324 g/mol. The number of amides is 1. The number of benzene rings is 1. The predicted molar refractivity (Wildman–Crippen MR) is 82.0 cm³/mol. The van der Waals surface area contributed by atoms with Gasteiger partial charge in [-0.25, -0.2) is 8.78 Å². The van der Waals surface area contributed by atoms with Crippen LogP contribution < -0.4 is 0 Å². The molecule has 0 spiro atoms. The number of aliphatic hydroxyl groups excluding tert-OH is 1. The average Bonchev–Trinajstić information content (AvgIpc) is 2.41. The molecule has 2 aliphatic rings. The van der Waals surface area contributed by atoms with Crippen LogP contribution >= 0.6 is 0 Å². The van der Waals surface area contributed by atoms with E-state index < -0.39 is 17.5 Å². The van der Waals surface area contributed by atoms with Gasteiger partial charge in [-0.05, 0) is 30.9 Å². The third-order valence-electron chi connectivity index (χ3n) is 5.06. The highest BCUT2D eigenvalue weighted by atomic mass is 19.1. The summed E-state index contributed by atoms with van der Waals surface area (Å²) in [6.07, 6.45) is 2.99. The second-order valence-electron chi connectivity index (χ2n) is 6.67. The van der Waals surface area contributed by atoms with Crippen molar-refractivity contribution in [3.8, 4) is 0 Å². The first-order valence-electron chi connectivity index (χ1n) is 8.08. The summed E-state index contributed by atoms with van der Waals surface area (Å²) in [5.74, 6) is -1.52. The number of likely N-dealkylation sites (tertiary alicyclic amines) is 1. The highest BCUT2D eigenvalue weighted by Gasteiger charge is 2.37. The number of carbonyl (C=O) groups is 1. The quantitative estimate of drug-likeness (QED) is 0.899. The lowest BCUT2D eigenvalue weighted by Crippen LogP contribution is -2.58. The molecule has 23 heavy (non-hydrogen) atoms. The van der Waals surface area contributed by atoms with Crippen molar-refractivity contribution in [3.63, 3.8) is 0 Å². The summed E-state index contributed by atoms with van der Waals surface area (Å²) in [5.41, 5.74) is -0.0955.